The molecule has 0 radical (unpaired) electrons. The first-order valence-corrected chi connectivity index (χ1v) is 14.5. The SMILES string of the molecule is Cc1ccc(-n2nc(C(C)(C)C)cc2NC(=O)Nc2cnc(OC3CCN(C(=O)c4ccccc4F)CC3)c(Cl)c2)cc1. The number of nitrogens with zero attached hydrogens (tertiary/aromatic N) is 4. The second kappa shape index (κ2) is 12.4. The summed E-state index contributed by atoms with van der Waals surface area (Å²) in [6.45, 7) is 9.04. The van der Waals surface area contributed by atoms with Gasteiger partial charge in [0.2, 0.25) is 5.88 Å². The van der Waals surface area contributed by atoms with E-state index in [1.807, 2.05) is 37.3 Å². The molecule has 3 heterocycles. The molecule has 1 aliphatic heterocycles. The van der Waals surface area contributed by atoms with E-state index in [0.717, 1.165) is 16.9 Å². The third-order valence-electron chi connectivity index (χ3n) is 7.17. The summed E-state index contributed by atoms with van der Waals surface area (Å²) in [6.07, 6.45) is 2.35. The summed E-state index contributed by atoms with van der Waals surface area (Å²) >= 11 is 6.46. The van der Waals surface area contributed by atoms with Crippen LogP contribution < -0.4 is 15.4 Å². The summed E-state index contributed by atoms with van der Waals surface area (Å²) in [5, 5.41) is 10.6. The Labute approximate surface area is 255 Å². The predicted molar refractivity (Wildman–Crippen MR) is 165 cm³/mol. The van der Waals surface area contributed by atoms with Gasteiger partial charge in [0.25, 0.3) is 5.91 Å². The lowest BCUT2D eigenvalue weighted by atomic mass is 9.92. The summed E-state index contributed by atoms with van der Waals surface area (Å²) in [5.41, 5.74) is 3.01. The number of ether oxygens (including phenoxy) is 1. The van der Waals surface area contributed by atoms with Gasteiger partial charge in [0.15, 0.2) is 0 Å². The first kappa shape index (κ1) is 30.0. The first-order valence-electron chi connectivity index (χ1n) is 14.1. The van der Waals surface area contributed by atoms with Gasteiger partial charge in [-0.3, -0.25) is 10.1 Å². The molecule has 43 heavy (non-hydrogen) atoms. The van der Waals surface area contributed by atoms with E-state index in [1.165, 1.54) is 18.3 Å². The van der Waals surface area contributed by atoms with Gasteiger partial charge in [0, 0.05) is 37.4 Å². The third-order valence-corrected chi connectivity index (χ3v) is 7.45. The molecule has 2 N–H and O–H groups in total. The predicted octanol–water partition coefficient (Wildman–Crippen LogP) is 6.99. The Balaban J connectivity index is 1.20. The highest BCUT2D eigenvalue weighted by Gasteiger charge is 2.27. The van der Waals surface area contributed by atoms with Gasteiger partial charge in [-0.2, -0.15) is 5.10 Å². The van der Waals surface area contributed by atoms with Crippen LogP contribution in [0, 0.1) is 12.7 Å². The average molecular weight is 605 g/mol. The summed E-state index contributed by atoms with van der Waals surface area (Å²) in [5.74, 6) is -0.113. The van der Waals surface area contributed by atoms with Gasteiger partial charge in [-0.25, -0.2) is 18.9 Å². The second-order valence-corrected chi connectivity index (χ2v) is 12.0. The number of hydrogen-bond acceptors (Lipinski definition) is 5. The lowest BCUT2D eigenvalue weighted by molar-refractivity contribution is 0.0584. The van der Waals surface area contributed by atoms with Crippen molar-refractivity contribution in [3.63, 3.8) is 0 Å². The lowest BCUT2D eigenvalue weighted by Gasteiger charge is -2.32. The van der Waals surface area contributed by atoms with Gasteiger partial charge in [-0.15, -0.1) is 0 Å². The largest absolute Gasteiger partial charge is 0.473 e. The van der Waals surface area contributed by atoms with E-state index < -0.39 is 11.8 Å². The maximum Gasteiger partial charge on any atom is 0.324 e. The smallest absolute Gasteiger partial charge is 0.324 e. The molecule has 1 fully saturated rings. The fourth-order valence-electron chi connectivity index (χ4n) is 4.72. The highest BCUT2D eigenvalue weighted by Crippen LogP contribution is 2.29. The summed E-state index contributed by atoms with van der Waals surface area (Å²) in [4.78, 5) is 31.6. The number of anilines is 2. The maximum absolute atomic E-state index is 14.0. The summed E-state index contributed by atoms with van der Waals surface area (Å²) < 4.78 is 21.8. The van der Waals surface area contributed by atoms with Crippen LogP contribution in [0.1, 0.15) is 55.2 Å². The Kier molecular flexibility index (Phi) is 8.68. The van der Waals surface area contributed by atoms with Crippen molar-refractivity contribution in [3.05, 3.63) is 94.5 Å². The van der Waals surface area contributed by atoms with Crippen molar-refractivity contribution in [3.8, 4) is 11.6 Å². The molecule has 0 saturated carbocycles. The number of likely N-dealkylation sites (tertiary alicyclic amines) is 1. The Morgan fingerprint density at radius 3 is 2.37 bits per heavy atom. The number of hydrogen-bond donors (Lipinski definition) is 2. The molecule has 0 aliphatic carbocycles. The van der Waals surface area contributed by atoms with Crippen LogP contribution in [0.25, 0.3) is 5.69 Å². The van der Waals surface area contributed by atoms with Crippen LogP contribution in [-0.4, -0.2) is 50.8 Å². The van der Waals surface area contributed by atoms with E-state index in [2.05, 4.69) is 36.4 Å². The zero-order valence-electron chi connectivity index (χ0n) is 24.5. The lowest BCUT2D eigenvalue weighted by Crippen LogP contribution is -2.42. The van der Waals surface area contributed by atoms with Crippen LogP contribution in [0.15, 0.2) is 66.9 Å². The minimum absolute atomic E-state index is 0.0629. The normalized spacial score (nSPS) is 14.0. The number of aromatic nitrogens is 3. The van der Waals surface area contributed by atoms with Crippen molar-refractivity contribution < 1.29 is 18.7 Å². The van der Waals surface area contributed by atoms with Crippen molar-refractivity contribution in [2.24, 2.45) is 0 Å². The highest BCUT2D eigenvalue weighted by atomic mass is 35.5. The summed E-state index contributed by atoms with van der Waals surface area (Å²) in [6, 6.07) is 16.8. The molecule has 1 aliphatic rings. The topological polar surface area (TPSA) is 101 Å². The molecule has 2 aromatic carbocycles. The average Bonchev–Trinajstić information content (AvgIpc) is 3.39. The van der Waals surface area contributed by atoms with Crippen molar-refractivity contribution >= 4 is 35.0 Å². The molecular weight excluding hydrogens is 571 g/mol. The second-order valence-electron chi connectivity index (χ2n) is 11.6. The zero-order chi connectivity index (χ0) is 30.7. The number of urea groups is 1. The van der Waals surface area contributed by atoms with Crippen LogP contribution in [0.4, 0.5) is 20.7 Å². The quantitative estimate of drug-likeness (QED) is 0.247. The number of carbonyl (C=O) groups excluding carboxylic acids is 2. The summed E-state index contributed by atoms with van der Waals surface area (Å²) in [7, 11) is 0. The van der Waals surface area contributed by atoms with Gasteiger partial charge >= 0.3 is 6.03 Å². The Morgan fingerprint density at radius 1 is 1.02 bits per heavy atom. The van der Waals surface area contributed by atoms with E-state index in [0.29, 0.717) is 37.4 Å². The number of carbonyl (C=O) groups is 2. The fraction of sp³-hybridized carbons (Fsp3) is 0.312. The first-order chi connectivity index (χ1) is 20.5. The number of nitrogens with one attached hydrogen (secondary N) is 2. The van der Waals surface area contributed by atoms with Gasteiger partial charge in [0.1, 0.15) is 22.8 Å². The van der Waals surface area contributed by atoms with Gasteiger partial charge < -0.3 is 15.0 Å². The molecule has 3 amide bonds. The molecule has 2 aromatic heterocycles. The molecule has 5 rings (SSSR count). The van der Waals surface area contributed by atoms with Crippen LogP contribution in [0.2, 0.25) is 5.02 Å². The van der Waals surface area contributed by atoms with Crippen LogP contribution in [0.5, 0.6) is 5.88 Å². The number of benzene rings is 2. The number of rotatable bonds is 6. The van der Waals surface area contributed by atoms with Gasteiger partial charge in [0.05, 0.1) is 28.8 Å². The molecule has 9 nitrogen and oxygen atoms in total. The maximum atomic E-state index is 14.0. The Hall–Kier alpha value is -4.44. The Morgan fingerprint density at radius 2 is 1.72 bits per heavy atom. The minimum atomic E-state index is -0.532. The van der Waals surface area contributed by atoms with Gasteiger partial charge in [-0.1, -0.05) is 62.2 Å². The fourth-order valence-corrected chi connectivity index (χ4v) is 4.93. The monoisotopic (exact) mass is 604 g/mol. The van der Waals surface area contributed by atoms with E-state index in [-0.39, 0.29) is 33.9 Å². The molecule has 224 valence electrons. The molecule has 4 aromatic rings. The van der Waals surface area contributed by atoms with E-state index in [9.17, 15) is 14.0 Å². The minimum Gasteiger partial charge on any atom is -0.473 e. The van der Waals surface area contributed by atoms with Crippen LogP contribution in [0.3, 0.4) is 0 Å². The number of aryl methyl sites for hydroxylation is 1. The molecule has 0 unspecified atom stereocenters. The van der Waals surface area contributed by atoms with Crippen LogP contribution >= 0.6 is 11.6 Å². The van der Waals surface area contributed by atoms with Gasteiger partial charge in [-0.05, 0) is 37.3 Å². The number of amides is 3. The van der Waals surface area contributed by atoms with E-state index >= 15 is 0 Å². The number of halogens is 2. The van der Waals surface area contributed by atoms with Crippen LogP contribution in [-0.2, 0) is 5.41 Å². The zero-order valence-corrected chi connectivity index (χ0v) is 25.3. The van der Waals surface area contributed by atoms with Crippen molar-refractivity contribution in [2.45, 2.75) is 52.1 Å². The molecule has 0 spiro atoms. The van der Waals surface area contributed by atoms with Crippen molar-refractivity contribution in [1.82, 2.24) is 19.7 Å². The number of piperidine rings is 1. The van der Waals surface area contributed by atoms with E-state index in [1.54, 1.807) is 27.8 Å². The highest BCUT2D eigenvalue weighted by molar-refractivity contribution is 6.32. The Bertz CT molecular complexity index is 1630. The molecule has 1 saturated heterocycles. The molecule has 11 heteroatoms. The standard InChI is InChI=1S/C32H34ClFN6O3/c1-20-9-11-22(12-10-20)40-28(18-27(38-40)32(2,3)4)37-31(42)36-21-17-25(33)29(35-19-21)43-23-13-15-39(16-14-23)30(41)24-7-5-6-8-26(24)34/h5-12,17-19,23H,13-16H2,1-4H3,(H2,36,37,42). The molecule has 0 bridgehead atoms. The van der Waals surface area contributed by atoms with E-state index in [4.69, 9.17) is 21.4 Å². The number of pyridine rings is 1. The van der Waals surface area contributed by atoms with Crippen molar-refractivity contribution in [1.29, 1.82) is 0 Å². The van der Waals surface area contributed by atoms with Crippen molar-refractivity contribution in [2.75, 3.05) is 23.7 Å². The molecule has 0 atom stereocenters. The third kappa shape index (κ3) is 7.14. The molecular formula is C32H34ClFN6O3.